The molecule has 18 heavy (non-hydrogen) atoms. The fraction of sp³-hybridized carbons (Fsp3) is 0.500. The molecule has 1 unspecified atom stereocenters. The zero-order valence-corrected chi connectivity index (χ0v) is 9.79. The van der Waals surface area contributed by atoms with Crippen LogP contribution in [0.3, 0.4) is 0 Å². The van der Waals surface area contributed by atoms with Gasteiger partial charge < -0.3 is 5.32 Å². The number of piperidine rings is 1. The van der Waals surface area contributed by atoms with Crippen LogP contribution in [0.5, 0.6) is 0 Å². The van der Waals surface area contributed by atoms with E-state index >= 15 is 0 Å². The quantitative estimate of drug-likeness (QED) is 0.667. The summed E-state index contributed by atoms with van der Waals surface area (Å²) in [4.78, 5) is 9.72. The topological polar surface area (TPSA) is 55.2 Å². The molecule has 1 heterocycles. The molecule has 1 aromatic rings. The number of nitrogens with one attached hydrogen (secondary N) is 1. The third-order valence-electron chi connectivity index (χ3n) is 3.19. The maximum atomic E-state index is 13.3. The molecule has 1 fully saturated rings. The molecule has 6 heteroatoms. The lowest BCUT2D eigenvalue weighted by molar-refractivity contribution is -0.387. The van der Waals surface area contributed by atoms with Gasteiger partial charge >= 0.3 is 5.69 Å². The van der Waals surface area contributed by atoms with E-state index in [1.807, 2.05) is 0 Å². The van der Waals surface area contributed by atoms with E-state index in [-0.39, 0.29) is 0 Å². The summed E-state index contributed by atoms with van der Waals surface area (Å²) in [5.41, 5.74) is -0.303. The van der Waals surface area contributed by atoms with Gasteiger partial charge in [-0.25, -0.2) is 4.39 Å². The molecule has 0 radical (unpaired) electrons. The average molecular weight is 256 g/mol. The van der Waals surface area contributed by atoms with Gasteiger partial charge in [-0.3, -0.25) is 10.1 Å². The van der Waals surface area contributed by atoms with E-state index in [9.17, 15) is 18.9 Å². The number of nitrogens with zero attached hydrogens (tertiary/aromatic N) is 1. The van der Waals surface area contributed by atoms with Crippen LogP contribution >= 0.6 is 0 Å². The van der Waals surface area contributed by atoms with Gasteiger partial charge in [-0.1, -0.05) is 0 Å². The number of benzene rings is 1. The number of rotatable bonds is 3. The zero-order chi connectivity index (χ0) is 13.1. The Morgan fingerprint density at radius 1 is 1.44 bits per heavy atom. The van der Waals surface area contributed by atoms with Gasteiger partial charge in [0.05, 0.1) is 4.92 Å². The average Bonchev–Trinajstić information content (AvgIpc) is 2.34. The van der Waals surface area contributed by atoms with Gasteiger partial charge in [-0.05, 0) is 49.9 Å². The standard InChI is InChI=1S/C12H14F2N2O2/c13-10-5-9(4-8-2-1-3-15-7-8)6-11(12(10)14)16(17)18/h5-6,8,15H,1-4,7H2. The van der Waals surface area contributed by atoms with Crippen molar-refractivity contribution in [2.75, 3.05) is 13.1 Å². The number of nitro groups is 1. The second-order valence-electron chi connectivity index (χ2n) is 4.58. The highest BCUT2D eigenvalue weighted by Gasteiger charge is 2.22. The molecule has 1 aromatic carbocycles. The summed E-state index contributed by atoms with van der Waals surface area (Å²) in [6, 6.07) is 2.18. The van der Waals surface area contributed by atoms with Gasteiger partial charge in [0.15, 0.2) is 5.82 Å². The molecule has 0 bridgehead atoms. The Bertz CT molecular complexity index is 460. The first-order chi connectivity index (χ1) is 8.58. The van der Waals surface area contributed by atoms with E-state index in [0.717, 1.165) is 38.1 Å². The third-order valence-corrected chi connectivity index (χ3v) is 3.19. The van der Waals surface area contributed by atoms with E-state index in [4.69, 9.17) is 0 Å². The first kappa shape index (κ1) is 12.9. The van der Waals surface area contributed by atoms with Crippen LogP contribution in [-0.4, -0.2) is 18.0 Å². The van der Waals surface area contributed by atoms with E-state index in [1.54, 1.807) is 0 Å². The molecule has 1 N–H and O–H groups in total. The van der Waals surface area contributed by atoms with E-state index in [2.05, 4.69) is 5.32 Å². The van der Waals surface area contributed by atoms with Gasteiger partial charge in [-0.15, -0.1) is 0 Å². The van der Waals surface area contributed by atoms with E-state index in [1.165, 1.54) is 0 Å². The van der Waals surface area contributed by atoms with Crippen LogP contribution in [0.25, 0.3) is 0 Å². The lowest BCUT2D eigenvalue weighted by atomic mass is 9.92. The Hall–Kier alpha value is -1.56. The number of halogens is 2. The molecule has 98 valence electrons. The van der Waals surface area contributed by atoms with Crippen LogP contribution in [0.15, 0.2) is 12.1 Å². The largest absolute Gasteiger partial charge is 0.316 e. The van der Waals surface area contributed by atoms with Crippen molar-refractivity contribution >= 4 is 5.69 Å². The number of hydrogen-bond acceptors (Lipinski definition) is 3. The summed E-state index contributed by atoms with van der Waals surface area (Å²) in [6.07, 6.45) is 2.57. The zero-order valence-electron chi connectivity index (χ0n) is 9.79. The molecule has 0 aliphatic carbocycles. The second-order valence-corrected chi connectivity index (χ2v) is 4.58. The van der Waals surface area contributed by atoms with Crippen molar-refractivity contribution in [3.05, 3.63) is 39.4 Å². The van der Waals surface area contributed by atoms with Crippen molar-refractivity contribution in [2.45, 2.75) is 19.3 Å². The highest BCUT2D eigenvalue weighted by molar-refractivity contribution is 5.37. The molecule has 4 nitrogen and oxygen atoms in total. The van der Waals surface area contributed by atoms with Gasteiger partial charge in [-0.2, -0.15) is 4.39 Å². The lowest BCUT2D eigenvalue weighted by Crippen LogP contribution is -2.30. The van der Waals surface area contributed by atoms with Crippen molar-refractivity contribution in [1.29, 1.82) is 0 Å². The number of hydrogen-bond donors (Lipinski definition) is 1. The third kappa shape index (κ3) is 2.81. The summed E-state index contributed by atoms with van der Waals surface area (Å²) in [5.74, 6) is -2.21. The summed E-state index contributed by atoms with van der Waals surface area (Å²) in [5, 5.41) is 13.8. The smallest absolute Gasteiger partial charge is 0.308 e. The van der Waals surface area contributed by atoms with Gasteiger partial charge in [0.1, 0.15) is 0 Å². The van der Waals surface area contributed by atoms with E-state index in [0.29, 0.717) is 17.9 Å². The Balaban J connectivity index is 2.20. The Labute approximate surface area is 103 Å². The lowest BCUT2D eigenvalue weighted by Gasteiger charge is -2.22. The molecule has 0 amide bonds. The van der Waals surface area contributed by atoms with E-state index < -0.39 is 22.2 Å². The van der Waals surface area contributed by atoms with Crippen molar-refractivity contribution < 1.29 is 13.7 Å². The van der Waals surface area contributed by atoms with Gasteiger partial charge in [0.25, 0.3) is 0 Å². The molecule has 0 spiro atoms. The molecule has 1 aliphatic heterocycles. The Morgan fingerprint density at radius 3 is 2.83 bits per heavy atom. The fourth-order valence-corrected chi connectivity index (χ4v) is 2.31. The first-order valence-electron chi connectivity index (χ1n) is 5.91. The Morgan fingerprint density at radius 2 is 2.22 bits per heavy atom. The summed E-state index contributed by atoms with van der Waals surface area (Å²) >= 11 is 0. The van der Waals surface area contributed by atoms with Crippen molar-refractivity contribution in [1.82, 2.24) is 5.32 Å². The fourth-order valence-electron chi connectivity index (χ4n) is 2.31. The molecule has 1 saturated heterocycles. The predicted molar refractivity (Wildman–Crippen MR) is 62.3 cm³/mol. The summed E-state index contributed by atoms with van der Waals surface area (Å²) in [7, 11) is 0. The molecule has 0 aromatic heterocycles. The highest BCUT2D eigenvalue weighted by Crippen LogP contribution is 2.25. The van der Waals surface area contributed by atoms with Crippen molar-refractivity contribution in [3.8, 4) is 0 Å². The van der Waals surface area contributed by atoms with Crippen molar-refractivity contribution in [3.63, 3.8) is 0 Å². The molecular weight excluding hydrogens is 242 g/mol. The predicted octanol–water partition coefficient (Wildman–Crippen LogP) is 2.42. The molecule has 0 saturated carbocycles. The minimum Gasteiger partial charge on any atom is -0.316 e. The monoisotopic (exact) mass is 256 g/mol. The normalized spacial score (nSPS) is 19.8. The van der Waals surface area contributed by atoms with Gasteiger partial charge in [0.2, 0.25) is 5.82 Å². The first-order valence-corrected chi connectivity index (χ1v) is 5.91. The maximum absolute atomic E-state index is 13.3. The molecule has 1 aliphatic rings. The van der Waals surface area contributed by atoms with Crippen LogP contribution in [0.2, 0.25) is 0 Å². The van der Waals surface area contributed by atoms with Crippen molar-refractivity contribution in [2.24, 2.45) is 5.92 Å². The van der Waals surface area contributed by atoms with Gasteiger partial charge in [0, 0.05) is 6.07 Å². The molecular formula is C12H14F2N2O2. The summed E-state index contributed by atoms with van der Waals surface area (Å²) < 4.78 is 26.4. The van der Waals surface area contributed by atoms with Crippen LogP contribution in [0.4, 0.5) is 14.5 Å². The minimum absolute atomic E-state index is 0.322. The Kier molecular flexibility index (Phi) is 3.86. The second kappa shape index (κ2) is 5.39. The molecule has 2 rings (SSSR count). The minimum atomic E-state index is -1.38. The number of nitro benzene ring substituents is 1. The van der Waals surface area contributed by atoms with Crippen LogP contribution < -0.4 is 5.32 Å². The SMILES string of the molecule is O=[N+]([O-])c1cc(CC2CCCNC2)cc(F)c1F. The van der Waals surface area contributed by atoms with Crippen LogP contribution in [0, 0.1) is 27.7 Å². The summed E-state index contributed by atoms with van der Waals surface area (Å²) in [6.45, 7) is 1.78. The van der Waals surface area contributed by atoms with Crippen LogP contribution in [-0.2, 0) is 6.42 Å². The maximum Gasteiger partial charge on any atom is 0.308 e. The highest BCUT2D eigenvalue weighted by atomic mass is 19.2. The molecule has 1 atom stereocenters. The van der Waals surface area contributed by atoms with Crippen LogP contribution in [0.1, 0.15) is 18.4 Å².